The lowest BCUT2D eigenvalue weighted by molar-refractivity contribution is 0.413. The summed E-state index contributed by atoms with van der Waals surface area (Å²) in [6.07, 6.45) is 5.40. The Morgan fingerprint density at radius 3 is 3.00 bits per heavy atom. The minimum Gasteiger partial charge on any atom is -0.458 e. The molecule has 110 valence electrons. The monoisotopic (exact) mass is 348 g/mol. The van der Waals surface area contributed by atoms with Gasteiger partial charge >= 0.3 is 0 Å². The molecule has 0 saturated heterocycles. The van der Waals surface area contributed by atoms with E-state index in [9.17, 15) is 0 Å². The van der Waals surface area contributed by atoms with Gasteiger partial charge in [-0.05, 0) is 34.5 Å². The number of fused-ring (bicyclic) bond motifs is 1. The van der Waals surface area contributed by atoms with Gasteiger partial charge in [-0.25, -0.2) is 10.4 Å². The predicted molar refractivity (Wildman–Crippen MR) is 85.5 cm³/mol. The van der Waals surface area contributed by atoms with Gasteiger partial charge in [-0.3, -0.25) is 5.84 Å². The smallest absolute Gasteiger partial charge is 0.148 e. The number of nitrogens with one attached hydrogen (secondary N) is 1. The van der Waals surface area contributed by atoms with Gasteiger partial charge in [-0.15, -0.1) is 0 Å². The molecule has 0 spiro atoms. The van der Waals surface area contributed by atoms with E-state index in [2.05, 4.69) is 26.3 Å². The Hall–Kier alpha value is -1.63. The van der Waals surface area contributed by atoms with Crippen LogP contribution in [0, 0.1) is 0 Å². The molecule has 1 unspecified atom stereocenters. The van der Waals surface area contributed by atoms with E-state index in [-0.39, 0.29) is 6.04 Å². The summed E-state index contributed by atoms with van der Waals surface area (Å²) >= 11 is 3.50. The van der Waals surface area contributed by atoms with Gasteiger partial charge in [0, 0.05) is 31.2 Å². The van der Waals surface area contributed by atoms with Crippen LogP contribution in [0.5, 0.6) is 0 Å². The third-order valence-corrected chi connectivity index (χ3v) is 4.26. The van der Waals surface area contributed by atoms with Crippen LogP contribution >= 0.6 is 15.9 Å². The first kappa shape index (κ1) is 14.3. The fraction of sp³-hybridized carbons (Fsp3) is 0.267. The zero-order valence-electron chi connectivity index (χ0n) is 11.7. The minimum absolute atomic E-state index is 0.0407. The summed E-state index contributed by atoms with van der Waals surface area (Å²) in [5, 5.41) is 1.07. The van der Waals surface area contributed by atoms with Crippen LogP contribution in [0.3, 0.4) is 0 Å². The molecule has 1 atom stereocenters. The van der Waals surface area contributed by atoms with Gasteiger partial charge in [0.2, 0.25) is 0 Å². The van der Waals surface area contributed by atoms with Crippen molar-refractivity contribution in [2.24, 2.45) is 12.9 Å². The van der Waals surface area contributed by atoms with E-state index < -0.39 is 0 Å². The minimum atomic E-state index is -0.0407. The fourth-order valence-corrected chi connectivity index (χ4v) is 2.90. The van der Waals surface area contributed by atoms with Crippen LogP contribution in [-0.4, -0.2) is 9.55 Å². The number of benzene rings is 1. The average Bonchev–Trinajstić information content (AvgIpc) is 3.07. The van der Waals surface area contributed by atoms with Gasteiger partial charge in [0.15, 0.2) is 0 Å². The van der Waals surface area contributed by atoms with E-state index in [1.165, 1.54) is 0 Å². The van der Waals surface area contributed by atoms with Gasteiger partial charge in [0.05, 0.1) is 10.5 Å². The Morgan fingerprint density at radius 1 is 1.48 bits per heavy atom. The molecule has 5 nitrogen and oxygen atoms in total. The van der Waals surface area contributed by atoms with Gasteiger partial charge in [-0.1, -0.05) is 12.1 Å². The van der Waals surface area contributed by atoms with Crippen molar-refractivity contribution in [2.45, 2.75) is 18.9 Å². The Balaban J connectivity index is 1.81. The molecule has 6 heteroatoms. The second-order valence-corrected chi connectivity index (χ2v) is 5.87. The van der Waals surface area contributed by atoms with Gasteiger partial charge in [0.25, 0.3) is 0 Å². The lowest BCUT2D eigenvalue weighted by Crippen LogP contribution is -2.28. The Kier molecular flexibility index (Phi) is 4.10. The van der Waals surface area contributed by atoms with Crippen molar-refractivity contribution in [3.8, 4) is 0 Å². The quantitative estimate of drug-likeness (QED) is 0.549. The fourth-order valence-electron chi connectivity index (χ4n) is 2.44. The molecule has 0 aliphatic rings. The third-order valence-electron chi connectivity index (χ3n) is 3.64. The normalized spacial score (nSPS) is 12.9. The van der Waals surface area contributed by atoms with E-state index in [4.69, 9.17) is 10.3 Å². The van der Waals surface area contributed by atoms with Gasteiger partial charge in [0.1, 0.15) is 17.2 Å². The van der Waals surface area contributed by atoms with Crippen molar-refractivity contribution in [2.75, 3.05) is 0 Å². The second-order valence-electron chi connectivity index (χ2n) is 5.02. The van der Waals surface area contributed by atoms with Crippen molar-refractivity contribution in [3.05, 3.63) is 52.7 Å². The van der Waals surface area contributed by atoms with Crippen LogP contribution in [0.15, 0.2) is 45.5 Å². The first-order valence-electron chi connectivity index (χ1n) is 6.79. The maximum Gasteiger partial charge on any atom is 0.148 e. The standard InChI is InChI=1S/C15H17BrN4O/c1-20-8-7-18-14(20)6-5-12(19-17)13-9-10-3-2-4-11(16)15(10)21-13/h2-4,7-9,12,19H,5-6,17H2,1H3. The number of halogens is 1. The number of imidazole rings is 1. The Labute approximate surface area is 131 Å². The average molecular weight is 349 g/mol. The molecular weight excluding hydrogens is 332 g/mol. The summed E-state index contributed by atoms with van der Waals surface area (Å²) < 4.78 is 8.90. The van der Waals surface area contributed by atoms with E-state index in [1.54, 1.807) is 6.20 Å². The zero-order chi connectivity index (χ0) is 14.8. The number of hydrogen-bond acceptors (Lipinski definition) is 4. The molecule has 0 fully saturated rings. The molecule has 0 aliphatic heterocycles. The molecule has 0 aliphatic carbocycles. The summed E-state index contributed by atoms with van der Waals surface area (Å²) in [4.78, 5) is 4.33. The molecule has 0 radical (unpaired) electrons. The molecule has 21 heavy (non-hydrogen) atoms. The van der Waals surface area contributed by atoms with Crippen LogP contribution in [0.4, 0.5) is 0 Å². The van der Waals surface area contributed by atoms with E-state index in [1.807, 2.05) is 42.1 Å². The molecule has 3 N–H and O–H groups in total. The van der Waals surface area contributed by atoms with Gasteiger partial charge in [-0.2, -0.15) is 0 Å². The highest BCUT2D eigenvalue weighted by Crippen LogP contribution is 2.30. The number of rotatable bonds is 5. The number of aryl methyl sites for hydroxylation is 2. The lowest BCUT2D eigenvalue weighted by atomic mass is 10.1. The van der Waals surface area contributed by atoms with Crippen molar-refractivity contribution >= 4 is 26.9 Å². The number of hydrogen-bond donors (Lipinski definition) is 2. The molecule has 3 aromatic rings. The first-order valence-corrected chi connectivity index (χ1v) is 7.58. The molecule has 2 aromatic heterocycles. The number of nitrogens with two attached hydrogens (primary N) is 1. The highest BCUT2D eigenvalue weighted by atomic mass is 79.9. The summed E-state index contributed by atoms with van der Waals surface area (Å²) in [7, 11) is 1.99. The topological polar surface area (TPSA) is 69.0 Å². The van der Waals surface area contributed by atoms with Crippen LogP contribution in [0.25, 0.3) is 11.0 Å². The zero-order valence-corrected chi connectivity index (χ0v) is 13.3. The summed E-state index contributed by atoms with van der Waals surface area (Å²) in [5.74, 6) is 7.57. The summed E-state index contributed by atoms with van der Waals surface area (Å²) in [5.41, 5.74) is 3.69. The van der Waals surface area contributed by atoms with Crippen LogP contribution in [0.1, 0.15) is 24.0 Å². The first-order chi connectivity index (χ1) is 10.2. The Morgan fingerprint density at radius 2 is 2.33 bits per heavy atom. The Bertz CT molecular complexity index is 749. The number of nitrogens with zero attached hydrogens (tertiary/aromatic N) is 2. The maximum atomic E-state index is 5.94. The van der Waals surface area contributed by atoms with Crippen LogP contribution < -0.4 is 11.3 Å². The number of furan rings is 1. The highest BCUT2D eigenvalue weighted by molar-refractivity contribution is 9.10. The van der Waals surface area contributed by atoms with E-state index >= 15 is 0 Å². The molecular formula is C15H17BrN4O. The molecule has 0 saturated carbocycles. The maximum absolute atomic E-state index is 5.94. The van der Waals surface area contributed by atoms with Crippen LogP contribution in [-0.2, 0) is 13.5 Å². The van der Waals surface area contributed by atoms with Gasteiger partial charge < -0.3 is 8.98 Å². The summed E-state index contributed by atoms with van der Waals surface area (Å²) in [6, 6.07) is 7.97. The van der Waals surface area contributed by atoms with Crippen molar-refractivity contribution < 1.29 is 4.42 Å². The molecule has 0 amide bonds. The molecule has 3 rings (SSSR count). The van der Waals surface area contributed by atoms with Crippen molar-refractivity contribution in [1.29, 1.82) is 0 Å². The van der Waals surface area contributed by atoms with E-state index in [0.717, 1.165) is 39.9 Å². The lowest BCUT2D eigenvalue weighted by Gasteiger charge is -2.12. The SMILES string of the molecule is Cn1ccnc1CCC(NN)c1cc2cccc(Br)c2o1. The summed E-state index contributed by atoms with van der Waals surface area (Å²) in [6.45, 7) is 0. The number of aromatic nitrogens is 2. The van der Waals surface area contributed by atoms with Crippen LogP contribution in [0.2, 0.25) is 0 Å². The molecule has 1 aromatic carbocycles. The predicted octanol–water partition coefficient (Wildman–Crippen LogP) is 3.07. The van der Waals surface area contributed by atoms with Crippen molar-refractivity contribution in [1.82, 2.24) is 15.0 Å². The second kappa shape index (κ2) is 6.01. The number of para-hydroxylation sites is 1. The third kappa shape index (κ3) is 2.88. The number of hydrazine groups is 1. The molecule has 2 heterocycles. The highest BCUT2D eigenvalue weighted by Gasteiger charge is 2.17. The molecule has 0 bridgehead atoms. The van der Waals surface area contributed by atoms with Crippen molar-refractivity contribution in [3.63, 3.8) is 0 Å². The largest absolute Gasteiger partial charge is 0.458 e. The van der Waals surface area contributed by atoms with E-state index in [0.29, 0.717) is 0 Å².